The number of fused-ring (bicyclic) bond motifs is 1. The molecular formula is C14H25NO3. The zero-order valence-corrected chi connectivity index (χ0v) is 11.8. The van der Waals surface area contributed by atoms with E-state index >= 15 is 0 Å². The van der Waals surface area contributed by atoms with E-state index in [1.54, 1.807) is 0 Å². The number of carbonyl (C=O) groups is 1. The molecule has 1 aliphatic carbocycles. The minimum Gasteiger partial charge on any atom is -0.392 e. The fourth-order valence-corrected chi connectivity index (χ4v) is 3.28. The number of amides is 1. The number of aliphatic hydroxyl groups excluding tert-OH is 1. The highest BCUT2D eigenvalue weighted by atomic mass is 16.5. The average Bonchev–Trinajstić information content (AvgIpc) is 2.72. The average molecular weight is 255 g/mol. The van der Waals surface area contributed by atoms with Crippen LogP contribution in [0.2, 0.25) is 0 Å². The Morgan fingerprint density at radius 1 is 1.50 bits per heavy atom. The maximum atomic E-state index is 11.9. The number of nitrogens with one attached hydrogen (secondary N) is 1. The maximum Gasteiger partial charge on any atom is 0.222 e. The summed E-state index contributed by atoms with van der Waals surface area (Å²) in [7, 11) is 0. The maximum absolute atomic E-state index is 11.9. The molecule has 0 aromatic rings. The van der Waals surface area contributed by atoms with Crippen LogP contribution >= 0.6 is 0 Å². The standard InChI is InChI=1S/C14H25NO3/c1-8(2)10(16)7-11(17)15-12-9-5-6-18-13(9)14(12,3)4/h8-10,12-13,16H,5-7H2,1-4H3,(H,15,17). The molecule has 2 N–H and O–H groups in total. The smallest absolute Gasteiger partial charge is 0.222 e. The van der Waals surface area contributed by atoms with Crippen LogP contribution in [-0.4, -0.2) is 35.9 Å². The molecule has 4 nitrogen and oxygen atoms in total. The molecular weight excluding hydrogens is 230 g/mol. The van der Waals surface area contributed by atoms with Crippen molar-refractivity contribution in [2.75, 3.05) is 6.61 Å². The van der Waals surface area contributed by atoms with Gasteiger partial charge in [0.15, 0.2) is 0 Å². The fourth-order valence-electron chi connectivity index (χ4n) is 3.28. The summed E-state index contributed by atoms with van der Waals surface area (Å²) < 4.78 is 5.70. The first kappa shape index (κ1) is 13.8. The molecule has 0 aromatic carbocycles. The molecule has 2 fully saturated rings. The predicted molar refractivity (Wildman–Crippen MR) is 69.0 cm³/mol. The van der Waals surface area contributed by atoms with E-state index in [4.69, 9.17) is 4.74 Å². The highest BCUT2D eigenvalue weighted by Crippen LogP contribution is 2.52. The summed E-state index contributed by atoms with van der Waals surface area (Å²) in [6.07, 6.45) is 0.968. The van der Waals surface area contributed by atoms with Gasteiger partial charge in [0.2, 0.25) is 5.91 Å². The van der Waals surface area contributed by atoms with Gasteiger partial charge < -0.3 is 15.2 Å². The van der Waals surface area contributed by atoms with Crippen LogP contribution in [0, 0.1) is 17.3 Å². The van der Waals surface area contributed by atoms with E-state index in [0.29, 0.717) is 5.92 Å². The van der Waals surface area contributed by atoms with Crippen LogP contribution in [0.1, 0.15) is 40.5 Å². The van der Waals surface area contributed by atoms with E-state index in [0.717, 1.165) is 13.0 Å². The minimum atomic E-state index is -0.552. The molecule has 0 aromatic heterocycles. The van der Waals surface area contributed by atoms with E-state index in [9.17, 15) is 9.90 Å². The quantitative estimate of drug-likeness (QED) is 0.796. The van der Waals surface area contributed by atoms with Crippen LogP contribution in [-0.2, 0) is 9.53 Å². The van der Waals surface area contributed by atoms with Gasteiger partial charge in [-0.25, -0.2) is 0 Å². The lowest BCUT2D eigenvalue weighted by molar-refractivity contribution is -0.139. The van der Waals surface area contributed by atoms with Crippen molar-refractivity contribution < 1.29 is 14.6 Å². The molecule has 1 saturated carbocycles. The molecule has 0 spiro atoms. The van der Waals surface area contributed by atoms with Crippen molar-refractivity contribution in [1.82, 2.24) is 5.32 Å². The van der Waals surface area contributed by atoms with Crippen molar-refractivity contribution in [3.63, 3.8) is 0 Å². The van der Waals surface area contributed by atoms with Crippen LogP contribution in [0.25, 0.3) is 0 Å². The largest absolute Gasteiger partial charge is 0.392 e. The molecule has 1 heterocycles. The van der Waals surface area contributed by atoms with Crippen LogP contribution in [0.15, 0.2) is 0 Å². The van der Waals surface area contributed by atoms with E-state index < -0.39 is 6.10 Å². The molecule has 4 atom stereocenters. The Morgan fingerprint density at radius 3 is 2.78 bits per heavy atom. The molecule has 1 amide bonds. The molecule has 2 rings (SSSR count). The second-order valence-electron chi connectivity index (χ2n) is 6.63. The van der Waals surface area contributed by atoms with Gasteiger partial charge >= 0.3 is 0 Å². The lowest BCUT2D eigenvalue weighted by Crippen LogP contribution is -2.66. The number of ether oxygens (including phenoxy) is 1. The third-order valence-electron chi connectivity index (χ3n) is 4.58. The summed E-state index contributed by atoms with van der Waals surface area (Å²) in [5.74, 6) is 0.535. The third-order valence-corrected chi connectivity index (χ3v) is 4.58. The molecule has 104 valence electrons. The van der Waals surface area contributed by atoms with Crippen molar-refractivity contribution in [2.45, 2.75) is 58.8 Å². The molecule has 4 heteroatoms. The van der Waals surface area contributed by atoms with Gasteiger partial charge in [-0.2, -0.15) is 0 Å². The summed E-state index contributed by atoms with van der Waals surface area (Å²) in [6, 6.07) is 0.192. The SMILES string of the molecule is CC(C)C(O)CC(=O)NC1C2CCOC2C1(C)C. The van der Waals surface area contributed by atoms with Crippen LogP contribution in [0.4, 0.5) is 0 Å². The van der Waals surface area contributed by atoms with Crippen molar-refractivity contribution in [3.8, 4) is 0 Å². The van der Waals surface area contributed by atoms with Crippen LogP contribution in [0.5, 0.6) is 0 Å². The molecule has 1 aliphatic heterocycles. The highest BCUT2D eigenvalue weighted by Gasteiger charge is 2.59. The van der Waals surface area contributed by atoms with Gasteiger partial charge in [-0.3, -0.25) is 4.79 Å². The van der Waals surface area contributed by atoms with Crippen molar-refractivity contribution >= 4 is 5.91 Å². The lowest BCUT2D eigenvalue weighted by Gasteiger charge is -2.54. The molecule has 0 bridgehead atoms. The summed E-state index contributed by atoms with van der Waals surface area (Å²) in [5.41, 5.74) is 0.0135. The number of aliphatic hydroxyl groups is 1. The van der Waals surface area contributed by atoms with Crippen molar-refractivity contribution in [2.24, 2.45) is 17.3 Å². The van der Waals surface area contributed by atoms with Crippen molar-refractivity contribution in [1.29, 1.82) is 0 Å². The number of carbonyl (C=O) groups excluding carboxylic acids is 1. The van der Waals surface area contributed by atoms with Crippen LogP contribution < -0.4 is 5.32 Å². The van der Waals surface area contributed by atoms with Gasteiger partial charge in [-0.15, -0.1) is 0 Å². The topological polar surface area (TPSA) is 58.6 Å². The lowest BCUT2D eigenvalue weighted by atomic mass is 9.57. The first-order valence-electron chi connectivity index (χ1n) is 6.93. The normalized spacial score (nSPS) is 34.9. The molecule has 1 saturated heterocycles. The van der Waals surface area contributed by atoms with E-state index in [2.05, 4.69) is 19.2 Å². The zero-order valence-electron chi connectivity index (χ0n) is 11.8. The van der Waals surface area contributed by atoms with E-state index in [1.807, 2.05) is 13.8 Å². The molecule has 4 unspecified atom stereocenters. The number of rotatable bonds is 4. The van der Waals surface area contributed by atoms with Gasteiger partial charge in [0, 0.05) is 24.0 Å². The Kier molecular flexibility index (Phi) is 3.70. The Hall–Kier alpha value is -0.610. The Morgan fingerprint density at radius 2 is 2.17 bits per heavy atom. The number of hydrogen-bond acceptors (Lipinski definition) is 3. The second-order valence-corrected chi connectivity index (χ2v) is 6.63. The van der Waals surface area contributed by atoms with Crippen LogP contribution in [0.3, 0.4) is 0 Å². The van der Waals surface area contributed by atoms with Gasteiger partial charge in [0.25, 0.3) is 0 Å². The first-order valence-corrected chi connectivity index (χ1v) is 6.93. The van der Waals surface area contributed by atoms with Crippen molar-refractivity contribution in [3.05, 3.63) is 0 Å². The summed E-state index contributed by atoms with van der Waals surface area (Å²) >= 11 is 0. The molecule has 0 radical (unpaired) electrons. The first-order chi connectivity index (χ1) is 8.34. The molecule has 18 heavy (non-hydrogen) atoms. The Bertz CT molecular complexity index is 327. The Balaban J connectivity index is 1.88. The Labute approximate surface area is 109 Å². The molecule has 2 aliphatic rings. The second kappa shape index (κ2) is 4.82. The summed E-state index contributed by atoms with van der Waals surface area (Å²) in [6.45, 7) is 8.94. The summed E-state index contributed by atoms with van der Waals surface area (Å²) in [4.78, 5) is 11.9. The van der Waals surface area contributed by atoms with Gasteiger partial charge in [-0.05, 0) is 12.3 Å². The third kappa shape index (κ3) is 2.28. The zero-order chi connectivity index (χ0) is 13.5. The monoisotopic (exact) mass is 255 g/mol. The highest BCUT2D eigenvalue weighted by molar-refractivity contribution is 5.77. The van der Waals surface area contributed by atoms with Gasteiger partial charge in [-0.1, -0.05) is 27.7 Å². The van der Waals surface area contributed by atoms with Gasteiger partial charge in [0.05, 0.1) is 18.6 Å². The van der Waals surface area contributed by atoms with Gasteiger partial charge in [0.1, 0.15) is 0 Å². The number of hydrogen-bond donors (Lipinski definition) is 2. The summed E-state index contributed by atoms with van der Waals surface area (Å²) in [5, 5.41) is 12.8. The fraction of sp³-hybridized carbons (Fsp3) is 0.929. The van der Waals surface area contributed by atoms with E-state index in [1.165, 1.54) is 0 Å². The van der Waals surface area contributed by atoms with E-state index in [-0.39, 0.29) is 35.8 Å². The minimum absolute atomic E-state index is 0.0135. The predicted octanol–water partition coefficient (Wildman–Crippen LogP) is 1.32.